The van der Waals surface area contributed by atoms with Crippen molar-refractivity contribution in [2.75, 3.05) is 33.8 Å². The first-order chi connectivity index (χ1) is 10.2. The molecule has 0 saturated carbocycles. The van der Waals surface area contributed by atoms with Crippen molar-refractivity contribution in [1.29, 1.82) is 0 Å². The van der Waals surface area contributed by atoms with Gasteiger partial charge in [0.05, 0.1) is 7.11 Å². The van der Waals surface area contributed by atoms with Gasteiger partial charge >= 0.3 is 0 Å². The maximum Gasteiger partial charge on any atom is 0.123 e. The Labute approximate surface area is 137 Å². The number of hydrogen-bond donors (Lipinski definition) is 1. The molecule has 2 rings (SSSR count). The lowest BCUT2D eigenvalue weighted by Crippen LogP contribution is -2.35. The molecule has 2 unspecified atom stereocenters. The average molecular weight is 355 g/mol. The van der Waals surface area contributed by atoms with E-state index in [0.717, 1.165) is 29.9 Å². The lowest BCUT2D eigenvalue weighted by molar-refractivity contribution is 0.185. The van der Waals surface area contributed by atoms with Gasteiger partial charge in [-0.15, -0.1) is 0 Å². The summed E-state index contributed by atoms with van der Waals surface area (Å²) in [6.07, 6.45) is 3.87. The third-order valence-electron chi connectivity index (χ3n) is 4.42. The lowest BCUT2D eigenvalue weighted by atomic mass is 9.88. The number of rotatable bonds is 5. The molecule has 0 bridgehead atoms. The van der Waals surface area contributed by atoms with Gasteiger partial charge in [-0.3, -0.25) is 4.90 Å². The second-order valence-corrected chi connectivity index (χ2v) is 6.79. The van der Waals surface area contributed by atoms with Crippen molar-refractivity contribution >= 4 is 15.9 Å². The summed E-state index contributed by atoms with van der Waals surface area (Å²) in [6, 6.07) is 6.77. The van der Waals surface area contributed by atoms with Crippen LogP contribution in [-0.2, 0) is 0 Å². The molecule has 21 heavy (non-hydrogen) atoms. The van der Waals surface area contributed by atoms with Crippen LogP contribution in [0.15, 0.2) is 22.7 Å². The molecule has 2 atom stereocenters. The van der Waals surface area contributed by atoms with E-state index in [1.54, 1.807) is 7.11 Å². The van der Waals surface area contributed by atoms with Gasteiger partial charge in [-0.2, -0.15) is 0 Å². The molecule has 0 aromatic heterocycles. The Balaban J connectivity index is 2.35. The minimum absolute atomic E-state index is 0.416. The SMILES string of the molecule is CCNCC1CCCCN(C)C1c1cc(Br)ccc1OC. The van der Waals surface area contributed by atoms with E-state index in [9.17, 15) is 0 Å². The molecule has 1 aliphatic rings. The minimum Gasteiger partial charge on any atom is -0.496 e. The van der Waals surface area contributed by atoms with Crippen molar-refractivity contribution in [2.45, 2.75) is 32.2 Å². The van der Waals surface area contributed by atoms with Gasteiger partial charge in [0.25, 0.3) is 0 Å². The zero-order valence-corrected chi connectivity index (χ0v) is 14.9. The van der Waals surface area contributed by atoms with Crippen LogP contribution in [0, 0.1) is 5.92 Å². The van der Waals surface area contributed by atoms with E-state index in [1.807, 2.05) is 0 Å². The highest BCUT2D eigenvalue weighted by molar-refractivity contribution is 9.10. The molecule has 0 amide bonds. The molecule has 1 heterocycles. The third kappa shape index (κ3) is 4.21. The molecule has 0 spiro atoms. The van der Waals surface area contributed by atoms with Gasteiger partial charge < -0.3 is 10.1 Å². The highest BCUT2D eigenvalue weighted by atomic mass is 79.9. The van der Waals surface area contributed by atoms with Crippen LogP contribution in [0.1, 0.15) is 37.8 Å². The van der Waals surface area contributed by atoms with Crippen LogP contribution < -0.4 is 10.1 Å². The Morgan fingerprint density at radius 3 is 2.90 bits per heavy atom. The predicted molar refractivity (Wildman–Crippen MR) is 91.9 cm³/mol. The standard InChI is InChI=1S/C17H27BrN2O/c1-4-19-12-13-7-5-6-10-20(2)17(13)15-11-14(18)8-9-16(15)21-3/h8-9,11,13,17,19H,4-7,10,12H2,1-3H3. The molecule has 3 nitrogen and oxygen atoms in total. The van der Waals surface area contributed by atoms with Crippen LogP contribution in [-0.4, -0.2) is 38.7 Å². The van der Waals surface area contributed by atoms with Crippen molar-refractivity contribution in [1.82, 2.24) is 10.2 Å². The smallest absolute Gasteiger partial charge is 0.123 e. The molecular formula is C17H27BrN2O. The summed E-state index contributed by atoms with van der Waals surface area (Å²) in [4.78, 5) is 2.50. The lowest BCUT2D eigenvalue weighted by Gasteiger charge is -2.34. The number of likely N-dealkylation sites (tertiary alicyclic amines) is 1. The van der Waals surface area contributed by atoms with E-state index in [2.05, 4.69) is 58.3 Å². The van der Waals surface area contributed by atoms with E-state index in [1.165, 1.54) is 24.8 Å². The third-order valence-corrected chi connectivity index (χ3v) is 4.92. The summed E-state index contributed by atoms with van der Waals surface area (Å²) in [6.45, 7) is 5.43. The van der Waals surface area contributed by atoms with Crippen molar-refractivity contribution in [3.05, 3.63) is 28.2 Å². The molecular weight excluding hydrogens is 328 g/mol. The van der Waals surface area contributed by atoms with Gasteiger partial charge in [0.15, 0.2) is 0 Å². The Kier molecular flexibility index (Phi) is 6.52. The number of hydrogen-bond acceptors (Lipinski definition) is 3. The van der Waals surface area contributed by atoms with Crippen LogP contribution in [0.5, 0.6) is 5.75 Å². The topological polar surface area (TPSA) is 24.5 Å². The van der Waals surface area contributed by atoms with Crippen LogP contribution in [0.2, 0.25) is 0 Å². The Morgan fingerprint density at radius 2 is 2.19 bits per heavy atom. The maximum atomic E-state index is 5.63. The van der Waals surface area contributed by atoms with E-state index in [0.29, 0.717) is 12.0 Å². The van der Waals surface area contributed by atoms with E-state index < -0.39 is 0 Å². The molecule has 4 heteroatoms. The van der Waals surface area contributed by atoms with E-state index in [-0.39, 0.29) is 0 Å². The normalized spacial score (nSPS) is 23.8. The van der Waals surface area contributed by atoms with E-state index >= 15 is 0 Å². The summed E-state index contributed by atoms with van der Waals surface area (Å²) in [7, 11) is 4.01. The fraction of sp³-hybridized carbons (Fsp3) is 0.647. The van der Waals surface area contributed by atoms with Gasteiger partial charge in [-0.25, -0.2) is 0 Å². The Bertz CT molecular complexity index is 452. The van der Waals surface area contributed by atoms with Crippen LogP contribution in [0.3, 0.4) is 0 Å². The summed E-state index contributed by atoms with van der Waals surface area (Å²) in [5.74, 6) is 1.62. The molecule has 1 saturated heterocycles. The van der Waals surface area contributed by atoms with Crippen molar-refractivity contribution in [2.24, 2.45) is 5.92 Å². The first-order valence-electron chi connectivity index (χ1n) is 7.91. The van der Waals surface area contributed by atoms with Gasteiger partial charge in [0.1, 0.15) is 5.75 Å². The van der Waals surface area contributed by atoms with Gasteiger partial charge in [-0.1, -0.05) is 29.3 Å². The van der Waals surface area contributed by atoms with Crippen LogP contribution in [0.4, 0.5) is 0 Å². The molecule has 118 valence electrons. The summed E-state index contributed by atoms with van der Waals surface area (Å²) < 4.78 is 6.75. The second kappa shape index (κ2) is 8.16. The molecule has 0 aliphatic carbocycles. The fourth-order valence-corrected chi connectivity index (χ4v) is 3.77. The number of benzene rings is 1. The number of nitrogens with one attached hydrogen (secondary N) is 1. The predicted octanol–water partition coefficient (Wildman–Crippen LogP) is 3.84. The second-order valence-electron chi connectivity index (χ2n) is 5.88. The zero-order valence-electron chi connectivity index (χ0n) is 13.4. The molecule has 1 aromatic carbocycles. The summed E-state index contributed by atoms with van der Waals surface area (Å²) >= 11 is 3.61. The van der Waals surface area contributed by atoms with E-state index in [4.69, 9.17) is 4.74 Å². The quantitative estimate of drug-likeness (QED) is 0.869. The highest BCUT2D eigenvalue weighted by Crippen LogP contribution is 2.39. The minimum atomic E-state index is 0.416. The average Bonchev–Trinajstić information content (AvgIpc) is 2.66. The number of ether oxygens (including phenoxy) is 1. The van der Waals surface area contributed by atoms with Crippen molar-refractivity contribution < 1.29 is 4.74 Å². The Hall–Kier alpha value is -0.580. The fourth-order valence-electron chi connectivity index (χ4n) is 3.40. The molecule has 1 N–H and O–H groups in total. The van der Waals surface area contributed by atoms with Gasteiger partial charge in [-0.05, 0) is 63.6 Å². The molecule has 1 aromatic rings. The Morgan fingerprint density at radius 1 is 1.38 bits per heavy atom. The molecule has 0 radical (unpaired) electrons. The number of halogens is 1. The first kappa shape index (κ1) is 16.8. The van der Waals surface area contributed by atoms with Gasteiger partial charge in [0.2, 0.25) is 0 Å². The van der Waals surface area contributed by atoms with Crippen molar-refractivity contribution in [3.63, 3.8) is 0 Å². The van der Waals surface area contributed by atoms with Gasteiger partial charge in [0, 0.05) is 16.1 Å². The van der Waals surface area contributed by atoms with Crippen molar-refractivity contribution in [3.8, 4) is 5.75 Å². The molecule has 1 fully saturated rings. The largest absolute Gasteiger partial charge is 0.496 e. The summed E-state index contributed by atoms with van der Waals surface area (Å²) in [5, 5.41) is 3.54. The summed E-state index contributed by atoms with van der Waals surface area (Å²) in [5.41, 5.74) is 1.30. The van der Waals surface area contributed by atoms with Crippen LogP contribution >= 0.6 is 15.9 Å². The first-order valence-corrected chi connectivity index (χ1v) is 8.71. The maximum absolute atomic E-state index is 5.63. The monoisotopic (exact) mass is 354 g/mol. The highest BCUT2D eigenvalue weighted by Gasteiger charge is 2.30. The van der Waals surface area contributed by atoms with Crippen LogP contribution in [0.25, 0.3) is 0 Å². The number of nitrogens with zero attached hydrogens (tertiary/aromatic N) is 1. The zero-order chi connectivity index (χ0) is 15.2. The number of methoxy groups -OCH3 is 1. The molecule has 1 aliphatic heterocycles.